The molecule has 0 amide bonds. The molecule has 7 heteroatoms. The molecule has 0 aliphatic heterocycles. The summed E-state index contributed by atoms with van der Waals surface area (Å²) < 4.78 is 2.70. The molecular weight excluding hydrogens is 280 g/mol. The zero-order valence-electron chi connectivity index (χ0n) is 9.98. The molecule has 0 radical (unpaired) electrons. The predicted molar refractivity (Wildman–Crippen MR) is 78.6 cm³/mol. The Morgan fingerprint density at radius 3 is 2.89 bits per heavy atom. The van der Waals surface area contributed by atoms with E-state index in [1.807, 2.05) is 35.0 Å². The van der Waals surface area contributed by atoms with Gasteiger partial charge in [0.1, 0.15) is 0 Å². The molecule has 3 rings (SSSR count). The topological polar surface area (TPSA) is 77.0 Å². The molecule has 19 heavy (non-hydrogen) atoms. The number of aromatic nitrogens is 3. The zero-order valence-corrected chi connectivity index (χ0v) is 11.6. The molecule has 0 saturated carbocycles. The van der Waals surface area contributed by atoms with Crippen LogP contribution in [-0.2, 0) is 6.54 Å². The van der Waals surface area contributed by atoms with Crippen LogP contribution < -0.4 is 5.73 Å². The van der Waals surface area contributed by atoms with Crippen LogP contribution in [0.5, 0.6) is 5.88 Å². The van der Waals surface area contributed by atoms with E-state index in [0.29, 0.717) is 17.6 Å². The van der Waals surface area contributed by atoms with Crippen LogP contribution in [0, 0.1) is 0 Å². The maximum absolute atomic E-state index is 10.1. The number of hydrogen-bond acceptors (Lipinski definition) is 6. The summed E-state index contributed by atoms with van der Waals surface area (Å²) in [5.74, 6) is 1.12. The van der Waals surface area contributed by atoms with Gasteiger partial charge in [0.05, 0.1) is 0 Å². The van der Waals surface area contributed by atoms with Crippen molar-refractivity contribution in [1.29, 1.82) is 0 Å². The van der Waals surface area contributed by atoms with Gasteiger partial charge in [0.2, 0.25) is 5.13 Å². The molecule has 0 aliphatic rings. The molecule has 5 nitrogen and oxygen atoms in total. The molecule has 0 atom stereocenters. The van der Waals surface area contributed by atoms with Crippen molar-refractivity contribution in [3.05, 3.63) is 30.5 Å². The summed E-state index contributed by atoms with van der Waals surface area (Å²) in [4.78, 5) is 0. The lowest BCUT2D eigenvalue weighted by Gasteiger charge is -2.02. The maximum atomic E-state index is 10.1. The van der Waals surface area contributed by atoms with Gasteiger partial charge in [-0.2, -0.15) is 0 Å². The summed E-state index contributed by atoms with van der Waals surface area (Å²) in [6.45, 7) is 0.713. The number of benzene rings is 1. The van der Waals surface area contributed by atoms with Gasteiger partial charge in [0.15, 0.2) is 10.2 Å². The Morgan fingerprint density at radius 2 is 2.16 bits per heavy atom. The van der Waals surface area contributed by atoms with Crippen LogP contribution in [0.25, 0.3) is 10.8 Å². The van der Waals surface area contributed by atoms with E-state index in [9.17, 15) is 5.11 Å². The molecule has 0 bridgehead atoms. The van der Waals surface area contributed by atoms with Crippen molar-refractivity contribution in [2.24, 2.45) is 0 Å². The van der Waals surface area contributed by atoms with Gasteiger partial charge in [0.25, 0.3) is 0 Å². The van der Waals surface area contributed by atoms with E-state index in [1.165, 1.54) is 11.3 Å². The highest BCUT2D eigenvalue weighted by atomic mass is 32.2. The zero-order chi connectivity index (χ0) is 13.2. The normalized spacial score (nSPS) is 11.2. The van der Waals surface area contributed by atoms with Crippen molar-refractivity contribution in [2.75, 3.05) is 11.5 Å². The smallest absolute Gasteiger partial charge is 0.203 e. The highest BCUT2D eigenvalue weighted by Crippen LogP contribution is 2.28. The summed E-state index contributed by atoms with van der Waals surface area (Å²) in [5.41, 5.74) is 5.52. The molecule has 0 aliphatic carbocycles. The minimum absolute atomic E-state index is 0.313. The Labute approximate surface area is 118 Å². The first kappa shape index (κ1) is 12.3. The van der Waals surface area contributed by atoms with E-state index in [-0.39, 0.29) is 0 Å². The van der Waals surface area contributed by atoms with E-state index in [1.54, 1.807) is 11.8 Å². The van der Waals surface area contributed by atoms with Gasteiger partial charge >= 0.3 is 0 Å². The molecule has 0 spiro atoms. The lowest BCUT2D eigenvalue weighted by molar-refractivity contribution is 0.428. The third-order valence-electron chi connectivity index (χ3n) is 2.75. The van der Waals surface area contributed by atoms with Crippen LogP contribution >= 0.6 is 23.1 Å². The van der Waals surface area contributed by atoms with Crippen LogP contribution in [0.15, 0.2) is 34.8 Å². The van der Waals surface area contributed by atoms with Crippen LogP contribution in [0.2, 0.25) is 0 Å². The molecule has 3 N–H and O–H groups in total. The average molecular weight is 292 g/mol. The summed E-state index contributed by atoms with van der Waals surface area (Å²) in [7, 11) is 0. The Balaban J connectivity index is 1.70. The number of aryl methyl sites for hydroxylation is 1. The van der Waals surface area contributed by atoms with Crippen LogP contribution in [0.3, 0.4) is 0 Å². The number of aromatic hydroxyl groups is 1. The minimum atomic E-state index is 0.313. The minimum Gasteiger partial charge on any atom is -0.494 e. The van der Waals surface area contributed by atoms with Crippen molar-refractivity contribution >= 4 is 39.0 Å². The van der Waals surface area contributed by atoms with Crippen molar-refractivity contribution in [3.63, 3.8) is 0 Å². The molecule has 3 aromatic rings. The number of nitrogens with zero attached hydrogens (tertiary/aromatic N) is 3. The Kier molecular flexibility index (Phi) is 3.31. The fraction of sp³-hybridized carbons (Fsp3) is 0.167. The van der Waals surface area contributed by atoms with E-state index in [4.69, 9.17) is 5.73 Å². The Hall–Kier alpha value is -1.73. The predicted octanol–water partition coefficient (Wildman–Crippen LogP) is 2.57. The lowest BCUT2D eigenvalue weighted by Crippen LogP contribution is -1.97. The molecule has 98 valence electrons. The molecule has 0 unspecified atom stereocenters. The van der Waals surface area contributed by atoms with Gasteiger partial charge in [-0.05, 0) is 6.07 Å². The number of thioether (sulfide) groups is 1. The molecule has 2 heterocycles. The monoisotopic (exact) mass is 292 g/mol. The highest BCUT2D eigenvalue weighted by Gasteiger charge is 2.08. The van der Waals surface area contributed by atoms with E-state index >= 15 is 0 Å². The third kappa shape index (κ3) is 2.52. The molecule has 0 saturated heterocycles. The largest absolute Gasteiger partial charge is 0.494 e. The number of anilines is 1. The fourth-order valence-corrected chi connectivity index (χ4v) is 3.52. The summed E-state index contributed by atoms with van der Waals surface area (Å²) in [6.07, 6.45) is 1.96. The summed E-state index contributed by atoms with van der Waals surface area (Å²) in [6, 6.07) is 7.79. The fourth-order valence-electron chi connectivity index (χ4n) is 1.88. The number of nitrogen functional groups attached to an aromatic ring is 1. The van der Waals surface area contributed by atoms with Gasteiger partial charge in [-0.15, -0.1) is 10.2 Å². The van der Waals surface area contributed by atoms with Crippen LogP contribution in [0.1, 0.15) is 0 Å². The average Bonchev–Trinajstić information content (AvgIpc) is 2.96. The highest BCUT2D eigenvalue weighted by molar-refractivity contribution is 8.01. The van der Waals surface area contributed by atoms with E-state index in [2.05, 4.69) is 10.2 Å². The SMILES string of the molecule is Nc1nnc(SCCn2cc3ccccc3c2O)s1. The third-order valence-corrected chi connectivity index (χ3v) is 4.61. The first-order valence-electron chi connectivity index (χ1n) is 5.72. The lowest BCUT2D eigenvalue weighted by atomic mass is 10.2. The van der Waals surface area contributed by atoms with E-state index in [0.717, 1.165) is 20.9 Å². The van der Waals surface area contributed by atoms with Crippen LogP contribution in [0.4, 0.5) is 5.13 Å². The molecule has 1 aromatic carbocycles. The number of nitrogens with two attached hydrogens (primary N) is 1. The molecule has 2 aromatic heterocycles. The van der Waals surface area contributed by atoms with Crippen LogP contribution in [-0.4, -0.2) is 25.6 Å². The molecular formula is C12H12N4OS2. The van der Waals surface area contributed by atoms with E-state index < -0.39 is 0 Å². The summed E-state index contributed by atoms with van der Waals surface area (Å²) in [5, 5.41) is 20.2. The van der Waals surface area contributed by atoms with Gasteiger partial charge in [-0.25, -0.2) is 0 Å². The van der Waals surface area contributed by atoms with Crippen molar-refractivity contribution < 1.29 is 5.11 Å². The summed E-state index contributed by atoms with van der Waals surface area (Å²) >= 11 is 2.97. The quantitative estimate of drug-likeness (QED) is 0.723. The first-order chi connectivity index (χ1) is 9.24. The Bertz CT molecular complexity index is 707. The van der Waals surface area contributed by atoms with Gasteiger partial charge in [-0.3, -0.25) is 0 Å². The standard InChI is InChI=1S/C12H12N4OS2/c13-11-14-15-12(19-11)18-6-5-16-7-8-3-1-2-4-9(8)10(16)17/h1-4,7,17H,5-6H2,(H2,13,14). The number of rotatable bonds is 4. The van der Waals surface area contributed by atoms with Gasteiger partial charge in [-0.1, -0.05) is 41.3 Å². The molecule has 0 fully saturated rings. The van der Waals surface area contributed by atoms with Gasteiger partial charge < -0.3 is 15.4 Å². The second kappa shape index (κ2) is 5.10. The van der Waals surface area contributed by atoms with Crippen molar-refractivity contribution in [2.45, 2.75) is 10.9 Å². The number of hydrogen-bond donors (Lipinski definition) is 2. The number of fused-ring (bicyclic) bond motifs is 1. The maximum Gasteiger partial charge on any atom is 0.203 e. The first-order valence-corrected chi connectivity index (χ1v) is 7.53. The second-order valence-electron chi connectivity index (χ2n) is 3.99. The van der Waals surface area contributed by atoms with Crippen molar-refractivity contribution in [1.82, 2.24) is 14.8 Å². The Morgan fingerprint density at radius 1 is 1.32 bits per heavy atom. The second-order valence-corrected chi connectivity index (χ2v) is 6.34. The van der Waals surface area contributed by atoms with Gasteiger partial charge in [0, 0.05) is 29.3 Å². The van der Waals surface area contributed by atoms with Crippen molar-refractivity contribution in [3.8, 4) is 5.88 Å².